The normalized spacial score (nSPS) is 27.4. The predicted molar refractivity (Wildman–Crippen MR) is 165 cm³/mol. The lowest BCUT2D eigenvalue weighted by Crippen LogP contribution is -2.59. The molecule has 44 heavy (non-hydrogen) atoms. The SMILES string of the molecule is C=CCCC(=O)N[C@@H](C)[C@H](OC(=O)[C@@H]1[C@H]2C(=O)N([C@@H](CC)CO)[C@H](C(=O)N(CC=C)C(C)C)[C@]23CC[C@H]1O3)c1ccccc1. The van der Waals surface area contributed by atoms with Crippen LogP contribution in [-0.4, -0.2) is 87.6 Å². The second kappa shape index (κ2) is 14.1. The van der Waals surface area contributed by atoms with Gasteiger partial charge in [0.25, 0.3) is 0 Å². The summed E-state index contributed by atoms with van der Waals surface area (Å²) in [5, 5.41) is 13.2. The summed E-state index contributed by atoms with van der Waals surface area (Å²) in [6.45, 7) is 14.9. The van der Waals surface area contributed by atoms with Gasteiger partial charge in [-0.15, -0.1) is 13.2 Å². The number of aliphatic hydroxyl groups is 1. The minimum atomic E-state index is -1.22. The van der Waals surface area contributed by atoms with Gasteiger partial charge in [-0.25, -0.2) is 0 Å². The Balaban J connectivity index is 1.68. The summed E-state index contributed by atoms with van der Waals surface area (Å²) in [4.78, 5) is 58.4. The first kappa shape index (κ1) is 33.4. The van der Waals surface area contributed by atoms with Crippen LogP contribution in [0.2, 0.25) is 0 Å². The number of hydrogen-bond donors (Lipinski definition) is 2. The largest absolute Gasteiger partial charge is 0.455 e. The van der Waals surface area contributed by atoms with Crippen molar-refractivity contribution in [1.82, 2.24) is 15.1 Å². The van der Waals surface area contributed by atoms with Crippen LogP contribution >= 0.6 is 0 Å². The lowest BCUT2D eigenvalue weighted by atomic mass is 9.70. The molecule has 1 aromatic rings. The zero-order valence-electron chi connectivity index (χ0n) is 26.3. The molecule has 0 saturated carbocycles. The summed E-state index contributed by atoms with van der Waals surface area (Å²) in [6.07, 6.45) is 4.03. The molecule has 3 fully saturated rings. The number of amides is 3. The summed E-state index contributed by atoms with van der Waals surface area (Å²) in [7, 11) is 0. The molecule has 0 aromatic heterocycles. The molecule has 10 heteroatoms. The highest BCUT2D eigenvalue weighted by atomic mass is 16.6. The molecule has 3 aliphatic heterocycles. The average Bonchev–Trinajstić information content (AvgIpc) is 3.65. The molecule has 3 amide bonds. The number of ether oxygens (including phenoxy) is 2. The quantitative estimate of drug-likeness (QED) is 0.231. The van der Waals surface area contributed by atoms with Crippen LogP contribution in [-0.2, 0) is 28.7 Å². The Bertz CT molecular complexity index is 1230. The van der Waals surface area contributed by atoms with Crippen molar-refractivity contribution in [1.29, 1.82) is 0 Å². The number of carbonyl (C=O) groups is 4. The summed E-state index contributed by atoms with van der Waals surface area (Å²) >= 11 is 0. The minimum Gasteiger partial charge on any atom is -0.455 e. The summed E-state index contributed by atoms with van der Waals surface area (Å²) in [6, 6.07) is 6.83. The van der Waals surface area contributed by atoms with E-state index in [1.54, 1.807) is 24.0 Å². The standard InChI is InChI=1S/C34H47N3O7/c1-7-10-16-26(39)35-22(6)29(23-14-12-11-13-15-23)43-33(42)27-25-17-18-34(44-25)28(27)31(40)37(24(9-3)20-38)30(34)32(41)36(19-8-2)21(4)5/h7-8,11-15,21-22,24-25,27-30,38H,1-2,9-10,16-20H2,3-6H3,(H,35,39)/t22-,24-,25+,27-,28-,29-,30+,34-/m0/s1. The number of carbonyl (C=O) groups excluding carboxylic acids is 4. The van der Waals surface area contributed by atoms with Gasteiger partial charge >= 0.3 is 5.97 Å². The molecule has 4 rings (SSSR count). The van der Waals surface area contributed by atoms with Crippen LogP contribution in [0, 0.1) is 11.8 Å². The van der Waals surface area contributed by atoms with Gasteiger partial charge in [0.15, 0.2) is 0 Å². The number of benzene rings is 1. The Kier molecular flexibility index (Phi) is 10.7. The van der Waals surface area contributed by atoms with Crippen molar-refractivity contribution < 1.29 is 33.8 Å². The number of nitrogens with one attached hydrogen (secondary N) is 1. The molecule has 8 atom stereocenters. The molecule has 2 bridgehead atoms. The van der Waals surface area contributed by atoms with Gasteiger partial charge in [-0.3, -0.25) is 19.2 Å². The van der Waals surface area contributed by atoms with Gasteiger partial charge in [0, 0.05) is 19.0 Å². The Morgan fingerprint density at radius 2 is 1.91 bits per heavy atom. The molecule has 1 aromatic carbocycles. The second-order valence-corrected chi connectivity index (χ2v) is 12.4. The fourth-order valence-electron chi connectivity index (χ4n) is 7.24. The summed E-state index contributed by atoms with van der Waals surface area (Å²) in [5.74, 6) is -3.33. The van der Waals surface area contributed by atoms with Gasteiger partial charge in [0.05, 0.1) is 36.6 Å². The van der Waals surface area contributed by atoms with E-state index in [1.165, 1.54) is 4.90 Å². The van der Waals surface area contributed by atoms with Crippen LogP contribution < -0.4 is 5.32 Å². The second-order valence-electron chi connectivity index (χ2n) is 12.4. The van der Waals surface area contributed by atoms with Crippen LogP contribution in [0.3, 0.4) is 0 Å². The van der Waals surface area contributed by atoms with Crippen molar-refractivity contribution in [3.05, 3.63) is 61.2 Å². The number of aliphatic hydroxyl groups excluding tert-OH is 1. The number of likely N-dealkylation sites (tertiary alicyclic amines) is 1. The zero-order valence-corrected chi connectivity index (χ0v) is 26.3. The Labute approximate surface area is 260 Å². The van der Waals surface area contributed by atoms with Gasteiger partial charge in [-0.2, -0.15) is 0 Å². The summed E-state index contributed by atoms with van der Waals surface area (Å²) in [5.41, 5.74) is -0.515. The Hall–Kier alpha value is -3.50. The maximum atomic E-state index is 14.3. The van der Waals surface area contributed by atoms with E-state index in [-0.39, 0.29) is 43.3 Å². The first-order valence-electron chi connectivity index (χ1n) is 15.7. The monoisotopic (exact) mass is 609 g/mol. The molecule has 2 N–H and O–H groups in total. The molecular formula is C34H47N3O7. The van der Waals surface area contributed by atoms with Crippen LogP contribution in [0.5, 0.6) is 0 Å². The van der Waals surface area contributed by atoms with E-state index in [9.17, 15) is 24.3 Å². The Morgan fingerprint density at radius 1 is 1.20 bits per heavy atom. The molecule has 1 spiro atoms. The summed E-state index contributed by atoms with van der Waals surface area (Å²) < 4.78 is 12.7. The molecular weight excluding hydrogens is 562 g/mol. The zero-order chi connectivity index (χ0) is 32.2. The highest BCUT2D eigenvalue weighted by Gasteiger charge is 2.75. The molecule has 10 nitrogen and oxygen atoms in total. The van der Waals surface area contributed by atoms with Crippen molar-refractivity contribution in [2.75, 3.05) is 13.2 Å². The third-order valence-corrected chi connectivity index (χ3v) is 9.34. The van der Waals surface area contributed by atoms with Crippen LogP contribution in [0.1, 0.15) is 71.5 Å². The fourth-order valence-corrected chi connectivity index (χ4v) is 7.24. The number of fused-ring (bicyclic) bond motifs is 1. The smallest absolute Gasteiger partial charge is 0.313 e. The highest BCUT2D eigenvalue weighted by Crippen LogP contribution is 2.59. The molecule has 0 unspecified atom stereocenters. The van der Waals surface area contributed by atoms with Crippen LogP contribution in [0.15, 0.2) is 55.6 Å². The van der Waals surface area contributed by atoms with Crippen molar-refractivity contribution in [2.24, 2.45) is 11.8 Å². The van der Waals surface area contributed by atoms with E-state index >= 15 is 0 Å². The van der Waals surface area contributed by atoms with Crippen LogP contribution in [0.25, 0.3) is 0 Å². The first-order chi connectivity index (χ1) is 21.1. The molecule has 0 radical (unpaired) electrons. The van der Waals surface area contributed by atoms with Gasteiger partial charge in [-0.05, 0) is 52.0 Å². The van der Waals surface area contributed by atoms with E-state index in [2.05, 4.69) is 18.5 Å². The van der Waals surface area contributed by atoms with Crippen molar-refractivity contribution >= 4 is 23.7 Å². The van der Waals surface area contributed by atoms with E-state index < -0.39 is 53.7 Å². The number of nitrogens with zero attached hydrogens (tertiary/aromatic N) is 2. The number of hydrogen-bond acceptors (Lipinski definition) is 7. The average molecular weight is 610 g/mol. The molecule has 3 aliphatic rings. The lowest BCUT2D eigenvalue weighted by molar-refractivity contribution is -0.162. The van der Waals surface area contributed by atoms with Gasteiger partial charge in [0.2, 0.25) is 17.7 Å². The van der Waals surface area contributed by atoms with Gasteiger partial charge in [0.1, 0.15) is 17.7 Å². The number of rotatable bonds is 15. The topological polar surface area (TPSA) is 125 Å². The maximum Gasteiger partial charge on any atom is 0.313 e. The third-order valence-electron chi connectivity index (χ3n) is 9.34. The van der Waals surface area contributed by atoms with E-state index in [1.807, 2.05) is 51.1 Å². The molecule has 0 aliphatic carbocycles. The minimum absolute atomic E-state index is 0.170. The fraction of sp³-hybridized carbons (Fsp3) is 0.588. The van der Waals surface area contributed by atoms with Crippen molar-refractivity contribution in [3.63, 3.8) is 0 Å². The maximum absolute atomic E-state index is 14.3. The van der Waals surface area contributed by atoms with E-state index in [0.717, 1.165) is 0 Å². The van der Waals surface area contributed by atoms with E-state index in [0.29, 0.717) is 31.2 Å². The molecule has 240 valence electrons. The van der Waals surface area contributed by atoms with Gasteiger partial charge < -0.3 is 29.7 Å². The lowest BCUT2D eigenvalue weighted by Gasteiger charge is -2.40. The van der Waals surface area contributed by atoms with Crippen molar-refractivity contribution in [3.8, 4) is 0 Å². The van der Waals surface area contributed by atoms with E-state index in [4.69, 9.17) is 9.47 Å². The van der Waals surface area contributed by atoms with Crippen LogP contribution in [0.4, 0.5) is 0 Å². The van der Waals surface area contributed by atoms with Gasteiger partial charge in [-0.1, -0.05) is 49.4 Å². The molecule has 3 saturated heterocycles. The Morgan fingerprint density at radius 3 is 2.50 bits per heavy atom. The first-order valence-corrected chi connectivity index (χ1v) is 15.7. The third kappa shape index (κ3) is 6.06. The predicted octanol–water partition coefficient (Wildman–Crippen LogP) is 3.31. The number of esters is 1. The molecule has 3 heterocycles. The highest BCUT2D eigenvalue weighted by molar-refractivity contribution is 5.98. The van der Waals surface area contributed by atoms with Crippen molar-refractivity contribution in [2.45, 2.75) is 102 Å². The number of allylic oxidation sites excluding steroid dienone is 1.